The number of nitrogens with zero attached hydrogens (tertiary/aromatic N) is 5. The number of likely N-dealkylation sites (N-methyl/N-ethyl adjacent to an activating group) is 1. The maximum Gasteiger partial charge on any atom is 0.277 e. The molecule has 2 heterocycles. The van der Waals surface area contributed by atoms with E-state index in [9.17, 15) is 4.79 Å². The number of benzene rings is 4. The standard InChI is InChI=1S/C36H44N5OS/c1-38(2)28-18-16-27(17-19-28)36-37-34-31-14-8-6-12-29(31)30-13-7-9-15-32(30)35(34)40(36)20-10-5-11-23-41(3,4)26-33(42)39-21-24-43-25-22-39/h6-9,12-19H,5,10-11,20-26H2,1-4H3/q+1. The minimum absolute atomic E-state index is 0.305. The first-order valence-corrected chi connectivity index (χ1v) is 16.7. The summed E-state index contributed by atoms with van der Waals surface area (Å²) in [6.45, 7) is 4.29. The maximum atomic E-state index is 12.9. The van der Waals surface area contributed by atoms with Gasteiger partial charge < -0.3 is 18.8 Å². The van der Waals surface area contributed by atoms with E-state index in [1.165, 1.54) is 32.7 Å². The molecule has 0 radical (unpaired) electrons. The molecule has 0 unspecified atom stereocenters. The predicted octanol–water partition coefficient (Wildman–Crippen LogP) is 6.90. The van der Waals surface area contributed by atoms with Crippen LogP contribution in [0.2, 0.25) is 0 Å². The molecule has 0 N–H and O–H groups in total. The van der Waals surface area contributed by atoms with Gasteiger partial charge in [-0.05, 0) is 54.3 Å². The van der Waals surface area contributed by atoms with Crippen molar-refractivity contribution in [2.45, 2.75) is 25.8 Å². The Labute approximate surface area is 259 Å². The molecule has 1 aromatic heterocycles. The lowest BCUT2D eigenvalue weighted by atomic mass is 10.00. The minimum atomic E-state index is 0.305. The lowest BCUT2D eigenvalue weighted by molar-refractivity contribution is -0.883. The third kappa shape index (κ3) is 6.24. The van der Waals surface area contributed by atoms with Crippen molar-refractivity contribution in [2.75, 3.05) is 70.8 Å². The van der Waals surface area contributed by atoms with Crippen molar-refractivity contribution in [3.05, 3.63) is 72.8 Å². The van der Waals surface area contributed by atoms with Gasteiger partial charge in [-0.3, -0.25) is 4.79 Å². The van der Waals surface area contributed by atoms with Crippen LogP contribution < -0.4 is 4.90 Å². The molecule has 1 saturated heterocycles. The molecule has 224 valence electrons. The summed E-state index contributed by atoms with van der Waals surface area (Å²) in [5, 5.41) is 4.99. The van der Waals surface area contributed by atoms with E-state index in [1.807, 2.05) is 11.8 Å². The largest absolute Gasteiger partial charge is 0.378 e. The fourth-order valence-corrected chi connectivity index (χ4v) is 7.36. The third-order valence-corrected chi connectivity index (χ3v) is 9.78. The normalized spacial score (nSPS) is 14.2. The van der Waals surface area contributed by atoms with Crippen LogP contribution in [0.25, 0.3) is 44.0 Å². The van der Waals surface area contributed by atoms with Crippen molar-refractivity contribution in [1.29, 1.82) is 0 Å². The molecule has 1 fully saturated rings. The van der Waals surface area contributed by atoms with Crippen LogP contribution in [-0.2, 0) is 11.3 Å². The number of amides is 1. The summed E-state index contributed by atoms with van der Waals surface area (Å²) < 4.78 is 3.21. The first-order valence-electron chi connectivity index (χ1n) is 15.6. The third-order valence-electron chi connectivity index (χ3n) is 8.84. The number of unbranched alkanes of at least 4 members (excludes halogenated alkanes) is 2. The summed E-state index contributed by atoms with van der Waals surface area (Å²) in [5.41, 5.74) is 4.62. The van der Waals surface area contributed by atoms with Gasteiger partial charge in [-0.15, -0.1) is 0 Å². The number of aromatic nitrogens is 2. The van der Waals surface area contributed by atoms with Gasteiger partial charge in [0.15, 0.2) is 6.54 Å². The van der Waals surface area contributed by atoms with Gasteiger partial charge in [0.2, 0.25) is 0 Å². The Morgan fingerprint density at radius 1 is 0.837 bits per heavy atom. The fraction of sp³-hybridized carbons (Fsp3) is 0.389. The van der Waals surface area contributed by atoms with Gasteiger partial charge in [0.25, 0.3) is 5.91 Å². The van der Waals surface area contributed by atoms with Crippen molar-refractivity contribution in [1.82, 2.24) is 14.5 Å². The summed E-state index contributed by atoms with van der Waals surface area (Å²) in [4.78, 5) is 22.4. The molecule has 1 amide bonds. The number of quaternary nitrogens is 1. The molecule has 0 spiro atoms. The van der Waals surface area contributed by atoms with Crippen molar-refractivity contribution in [2.24, 2.45) is 0 Å². The molecule has 0 bridgehead atoms. The van der Waals surface area contributed by atoms with Gasteiger partial charge in [0.1, 0.15) is 5.82 Å². The highest BCUT2D eigenvalue weighted by atomic mass is 32.2. The first kappa shape index (κ1) is 29.5. The number of aryl methyl sites for hydroxylation is 1. The van der Waals surface area contributed by atoms with Crippen LogP contribution in [-0.4, -0.2) is 90.7 Å². The molecule has 1 aliphatic rings. The quantitative estimate of drug-likeness (QED) is 0.100. The molecular formula is C36H44N5OS+. The number of thioether (sulfide) groups is 1. The Hall–Kier alpha value is -3.55. The van der Waals surface area contributed by atoms with E-state index in [0.717, 1.165) is 78.3 Å². The summed E-state index contributed by atoms with van der Waals surface area (Å²) in [5.74, 6) is 3.46. The maximum absolute atomic E-state index is 12.9. The topological polar surface area (TPSA) is 41.4 Å². The van der Waals surface area contributed by atoms with E-state index >= 15 is 0 Å². The summed E-state index contributed by atoms with van der Waals surface area (Å²) >= 11 is 1.95. The molecule has 43 heavy (non-hydrogen) atoms. The molecule has 0 atom stereocenters. The van der Waals surface area contributed by atoms with Crippen LogP contribution in [0.15, 0.2) is 72.8 Å². The number of imidazole rings is 1. The molecule has 1 aliphatic heterocycles. The van der Waals surface area contributed by atoms with Crippen LogP contribution >= 0.6 is 11.8 Å². The van der Waals surface area contributed by atoms with E-state index in [1.54, 1.807) is 0 Å². The Morgan fingerprint density at radius 3 is 2.14 bits per heavy atom. The van der Waals surface area contributed by atoms with E-state index in [2.05, 4.69) is 115 Å². The second-order valence-electron chi connectivity index (χ2n) is 12.7. The van der Waals surface area contributed by atoms with E-state index in [4.69, 9.17) is 4.98 Å². The number of fused-ring (bicyclic) bond motifs is 6. The number of hydrogen-bond donors (Lipinski definition) is 0. The lowest BCUT2D eigenvalue weighted by Crippen LogP contribution is -2.50. The highest BCUT2D eigenvalue weighted by molar-refractivity contribution is 7.99. The van der Waals surface area contributed by atoms with Gasteiger partial charge in [-0.1, -0.05) is 48.5 Å². The van der Waals surface area contributed by atoms with Crippen LogP contribution in [0.1, 0.15) is 19.3 Å². The molecule has 6 rings (SSSR count). The van der Waals surface area contributed by atoms with Crippen LogP contribution in [0.4, 0.5) is 5.69 Å². The minimum Gasteiger partial charge on any atom is -0.378 e. The highest BCUT2D eigenvalue weighted by Gasteiger charge is 2.25. The van der Waals surface area contributed by atoms with E-state index in [0.29, 0.717) is 12.5 Å². The number of rotatable bonds is 10. The fourth-order valence-electron chi connectivity index (χ4n) is 6.45. The summed E-state index contributed by atoms with van der Waals surface area (Å²) in [6.07, 6.45) is 3.27. The summed E-state index contributed by atoms with van der Waals surface area (Å²) in [7, 11) is 8.55. The van der Waals surface area contributed by atoms with Crippen LogP contribution in [0, 0.1) is 0 Å². The van der Waals surface area contributed by atoms with Crippen LogP contribution in [0.3, 0.4) is 0 Å². The predicted molar refractivity (Wildman–Crippen MR) is 184 cm³/mol. The van der Waals surface area contributed by atoms with E-state index in [-0.39, 0.29) is 0 Å². The van der Waals surface area contributed by atoms with Crippen LogP contribution in [0.5, 0.6) is 0 Å². The zero-order valence-electron chi connectivity index (χ0n) is 26.1. The van der Waals surface area contributed by atoms with Gasteiger partial charge in [-0.2, -0.15) is 11.8 Å². The van der Waals surface area contributed by atoms with E-state index < -0.39 is 0 Å². The van der Waals surface area contributed by atoms with Crippen molar-refractivity contribution >= 4 is 55.9 Å². The number of carbonyl (C=O) groups excluding carboxylic acids is 1. The average molecular weight is 595 g/mol. The Kier molecular flexibility index (Phi) is 8.64. The first-order chi connectivity index (χ1) is 20.8. The second kappa shape index (κ2) is 12.6. The number of carbonyl (C=O) groups is 1. The molecule has 7 heteroatoms. The smallest absolute Gasteiger partial charge is 0.277 e. The zero-order chi connectivity index (χ0) is 30.0. The van der Waals surface area contributed by atoms with Gasteiger partial charge in [-0.25, -0.2) is 4.98 Å². The SMILES string of the molecule is CN(C)c1ccc(-c2nc3c4ccccc4c4ccccc4c3n2CCCCC[N+](C)(C)CC(=O)N2CCSCC2)cc1. The molecule has 6 nitrogen and oxygen atoms in total. The van der Waals surface area contributed by atoms with Crippen molar-refractivity contribution in [3.63, 3.8) is 0 Å². The van der Waals surface area contributed by atoms with Crippen molar-refractivity contribution < 1.29 is 9.28 Å². The van der Waals surface area contributed by atoms with Gasteiger partial charge >= 0.3 is 0 Å². The molecule has 0 saturated carbocycles. The molecular weight excluding hydrogens is 550 g/mol. The average Bonchev–Trinajstić information content (AvgIpc) is 3.41. The van der Waals surface area contributed by atoms with Gasteiger partial charge in [0.05, 0.1) is 31.7 Å². The highest BCUT2D eigenvalue weighted by Crippen LogP contribution is 2.37. The Balaban J connectivity index is 1.27. The lowest BCUT2D eigenvalue weighted by Gasteiger charge is -2.33. The van der Waals surface area contributed by atoms with Crippen molar-refractivity contribution in [3.8, 4) is 11.4 Å². The Morgan fingerprint density at radius 2 is 1.47 bits per heavy atom. The molecule has 0 aliphatic carbocycles. The molecule has 4 aromatic carbocycles. The number of anilines is 1. The Bertz CT molecular complexity index is 1730. The zero-order valence-corrected chi connectivity index (χ0v) is 26.9. The number of hydrogen-bond acceptors (Lipinski definition) is 4. The second-order valence-corrected chi connectivity index (χ2v) is 13.9. The molecule has 5 aromatic rings. The van der Waals surface area contributed by atoms with Gasteiger partial charge in [0, 0.05) is 67.3 Å². The monoisotopic (exact) mass is 594 g/mol. The summed E-state index contributed by atoms with van der Waals surface area (Å²) in [6, 6.07) is 26.2.